The Labute approximate surface area is 220 Å². The molecule has 0 radical (unpaired) electrons. The molecular formula is C33H25F3N2. The molecule has 0 N–H and O–H groups in total. The number of rotatable bonds is 7. The van der Waals surface area contributed by atoms with Crippen LogP contribution in [-0.2, 0) is 11.7 Å². The third kappa shape index (κ3) is 5.09. The van der Waals surface area contributed by atoms with Gasteiger partial charge in [0.1, 0.15) is 5.54 Å². The number of nitrogens with zero attached hydrogens (tertiary/aromatic N) is 2. The van der Waals surface area contributed by atoms with E-state index in [0.717, 1.165) is 34.5 Å². The second-order valence-corrected chi connectivity index (χ2v) is 8.86. The second kappa shape index (κ2) is 10.8. The van der Waals surface area contributed by atoms with E-state index < -0.39 is 17.3 Å². The van der Waals surface area contributed by atoms with Crippen LogP contribution >= 0.6 is 0 Å². The van der Waals surface area contributed by atoms with E-state index in [2.05, 4.69) is 45.9 Å². The smallest absolute Gasteiger partial charge is 0.318 e. The molecule has 0 aliphatic rings. The van der Waals surface area contributed by atoms with Gasteiger partial charge in [0.15, 0.2) is 0 Å². The summed E-state index contributed by atoms with van der Waals surface area (Å²) in [6, 6.07) is 36.2. The fourth-order valence-corrected chi connectivity index (χ4v) is 4.73. The monoisotopic (exact) mass is 506 g/mol. The van der Waals surface area contributed by atoms with Crippen molar-refractivity contribution in [2.75, 3.05) is 0 Å². The van der Waals surface area contributed by atoms with Crippen molar-refractivity contribution in [3.63, 3.8) is 0 Å². The van der Waals surface area contributed by atoms with Crippen molar-refractivity contribution in [1.29, 1.82) is 0 Å². The molecule has 0 aliphatic heterocycles. The molecule has 5 aromatic rings. The molecule has 0 atom stereocenters. The first-order chi connectivity index (χ1) is 18.5. The number of benzene rings is 4. The molecule has 5 rings (SSSR count). The van der Waals surface area contributed by atoms with Crippen molar-refractivity contribution in [2.45, 2.75) is 11.7 Å². The summed E-state index contributed by atoms with van der Waals surface area (Å²) in [6.45, 7) is 0. The molecule has 0 amide bonds. The number of alkyl halides is 3. The highest BCUT2D eigenvalue weighted by Crippen LogP contribution is 2.40. The molecule has 0 saturated heterocycles. The van der Waals surface area contributed by atoms with Crippen molar-refractivity contribution >= 4 is 12.2 Å². The summed E-state index contributed by atoms with van der Waals surface area (Å²) < 4.78 is 41.1. The van der Waals surface area contributed by atoms with E-state index in [1.54, 1.807) is 24.3 Å². The Morgan fingerprint density at radius 3 is 1.61 bits per heavy atom. The van der Waals surface area contributed by atoms with Crippen LogP contribution in [0.25, 0.3) is 12.2 Å². The Morgan fingerprint density at radius 2 is 1.08 bits per heavy atom. The predicted molar refractivity (Wildman–Crippen MR) is 146 cm³/mol. The van der Waals surface area contributed by atoms with E-state index in [1.807, 2.05) is 73.2 Å². The average molecular weight is 507 g/mol. The second-order valence-electron chi connectivity index (χ2n) is 8.86. The summed E-state index contributed by atoms with van der Waals surface area (Å²) >= 11 is 0. The third-order valence-corrected chi connectivity index (χ3v) is 6.45. The van der Waals surface area contributed by atoms with Gasteiger partial charge in [0.05, 0.1) is 17.6 Å². The molecule has 0 unspecified atom stereocenters. The molecule has 0 aliphatic carbocycles. The lowest BCUT2D eigenvalue weighted by Crippen LogP contribution is -2.36. The highest BCUT2D eigenvalue weighted by atomic mass is 19.4. The number of hydrogen-bond acceptors (Lipinski definition) is 1. The van der Waals surface area contributed by atoms with E-state index in [0.29, 0.717) is 5.56 Å². The maximum Gasteiger partial charge on any atom is 0.416 e. The van der Waals surface area contributed by atoms with Gasteiger partial charge in [-0.05, 0) is 40.5 Å². The molecule has 38 heavy (non-hydrogen) atoms. The maximum absolute atomic E-state index is 13.0. The molecule has 1 aromatic heterocycles. The molecule has 0 saturated carbocycles. The predicted octanol–water partition coefficient (Wildman–Crippen LogP) is 8.47. The van der Waals surface area contributed by atoms with Crippen LogP contribution in [0.15, 0.2) is 140 Å². The molecule has 0 fully saturated rings. The maximum atomic E-state index is 13.0. The van der Waals surface area contributed by atoms with Gasteiger partial charge in [-0.1, -0.05) is 121 Å². The summed E-state index contributed by atoms with van der Waals surface area (Å²) in [5.41, 5.74) is 3.16. The molecular weight excluding hydrogens is 481 g/mol. The number of aromatic nitrogens is 2. The van der Waals surface area contributed by atoms with E-state index in [9.17, 15) is 13.2 Å². The zero-order valence-electron chi connectivity index (χ0n) is 20.5. The summed E-state index contributed by atoms with van der Waals surface area (Å²) in [5.74, 6) is 0. The van der Waals surface area contributed by atoms with Crippen molar-refractivity contribution in [3.8, 4) is 0 Å². The number of imidazole rings is 1. The van der Waals surface area contributed by atoms with Gasteiger partial charge in [-0.25, -0.2) is 4.98 Å². The van der Waals surface area contributed by atoms with Gasteiger partial charge in [0.2, 0.25) is 0 Å². The number of allylic oxidation sites excluding steroid dienone is 2. The molecule has 188 valence electrons. The minimum Gasteiger partial charge on any atom is -0.318 e. The van der Waals surface area contributed by atoms with Gasteiger partial charge < -0.3 is 4.57 Å². The van der Waals surface area contributed by atoms with Crippen molar-refractivity contribution in [2.24, 2.45) is 0 Å². The third-order valence-electron chi connectivity index (χ3n) is 6.45. The van der Waals surface area contributed by atoms with Crippen molar-refractivity contribution in [3.05, 3.63) is 173 Å². The normalized spacial score (nSPS) is 12.4. The number of halogens is 3. The minimum atomic E-state index is -4.37. The van der Waals surface area contributed by atoms with Gasteiger partial charge in [0.25, 0.3) is 0 Å². The van der Waals surface area contributed by atoms with Crippen LogP contribution in [0.1, 0.15) is 33.5 Å². The van der Waals surface area contributed by atoms with Gasteiger partial charge in [-0.15, -0.1) is 0 Å². The summed E-state index contributed by atoms with van der Waals surface area (Å²) in [4.78, 5) is 4.64. The Balaban J connectivity index is 1.53. The van der Waals surface area contributed by atoms with Crippen LogP contribution in [-0.4, -0.2) is 9.55 Å². The Bertz CT molecular complexity index is 1440. The molecule has 0 bridgehead atoms. The van der Waals surface area contributed by atoms with E-state index in [4.69, 9.17) is 0 Å². The van der Waals surface area contributed by atoms with Gasteiger partial charge in [-0.2, -0.15) is 13.2 Å². The van der Waals surface area contributed by atoms with Crippen LogP contribution in [0, 0.1) is 0 Å². The first kappa shape index (κ1) is 25.0. The largest absolute Gasteiger partial charge is 0.416 e. The standard InChI is InChI=1S/C33H25F3N2/c34-33(35,36)30-21-12-14-26(23-30)13-10-11-22-31-24-38(25-37-31)32(27-15-4-1-5-16-27,28-17-6-2-7-18-28)29-19-8-3-9-20-29/h1-25H/b13-10+,22-11+. The van der Waals surface area contributed by atoms with Gasteiger partial charge in [-0.3, -0.25) is 0 Å². The molecule has 1 heterocycles. The summed E-state index contributed by atoms with van der Waals surface area (Å²) in [5, 5.41) is 0. The minimum absolute atomic E-state index is 0.478. The van der Waals surface area contributed by atoms with Crippen LogP contribution < -0.4 is 0 Å². The fraction of sp³-hybridized carbons (Fsp3) is 0.0606. The average Bonchev–Trinajstić information content (AvgIpc) is 3.42. The van der Waals surface area contributed by atoms with Crippen LogP contribution in [0.4, 0.5) is 13.2 Å². The van der Waals surface area contributed by atoms with Gasteiger partial charge in [0, 0.05) is 6.20 Å². The summed E-state index contributed by atoms with van der Waals surface area (Å²) in [7, 11) is 0. The lowest BCUT2D eigenvalue weighted by molar-refractivity contribution is -0.137. The van der Waals surface area contributed by atoms with Gasteiger partial charge >= 0.3 is 6.18 Å². The van der Waals surface area contributed by atoms with E-state index >= 15 is 0 Å². The zero-order chi connectivity index (χ0) is 26.4. The highest BCUT2D eigenvalue weighted by molar-refractivity contribution is 5.57. The number of hydrogen-bond donors (Lipinski definition) is 0. The van der Waals surface area contributed by atoms with Crippen molar-refractivity contribution in [1.82, 2.24) is 9.55 Å². The first-order valence-electron chi connectivity index (χ1n) is 12.2. The Hall–Kier alpha value is -4.64. The quantitative estimate of drug-likeness (QED) is 0.160. The molecule has 2 nitrogen and oxygen atoms in total. The summed E-state index contributed by atoms with van der Waals surface area (Å²) in [6.07, 6.45) is 6.42. The Morgan fingerprint density at radius 1 is 0.579 bits per heavy atom. The highest BCUT2D eigenvalue weighted by Gasteiger charge is 2.38. The first-order valence-corrected chi connectivity index (χ1v) is 12.2. The van der Waals surface area contributed by atoms with Crippen LogP contribution in [0.3, 0.4) is 0 Å². The van der Waals surface area contributed by atoms with Crippen LogP contribution in [0.2, 0.25) is 0 Å². The van der Waals surface area contributed by atoms with Crippen LogP contribution in [0.5, 0.6) is 0 Å². The van der Waals surface area contributed by atoms with Crippen molar-refractivity contribution < 1.29 is 13.2 Å². The lowest BCUT2D eigenvalue weighted by Gasteiger charge is -2.37. The lowest BCUT2D eigenvalue weighted by atomic mass is 9.77. The molecule has 5 heteroatoms. The molecule has 0 spiro atoms. The zero-order valence-corrected chi connectivity index (χ0v) is 20.5. The Kier molecular flexibility index (Phi) is 7.09. The fourth-order valence-electron chi connectivity index (χ4n) is 4.73. The molecule has 4 aromatic carbocycles. The van der Waals surface area contributed by atoms with E-state index in [-0.39, 0.29) is 0 Å². The topological polar surface area (TPSA) is 17.8 Å². The van der Waals surface area contributed by atoms with E-state index in [1.165, 1.54) is 6.07 Å². The SMILES string of the molecule is FC(F)(F)c1cccc(/C=C/C=C/c2cn(C(c3ccccc3)(c3ccccc3)c3ccccc3)cn2)c1.